The van der Waals surface area contributed by atoms with Gasteiger partial charge in [-0.05, 0) is 53.2 Å². The molecular formula is C28H23NO4S. The summed E-state index contributed by atoms with van der Waals surface area (Å²) >= 11 is 1.73. The van der Waals surface area contributed by atoms with Crippen molar-refractivity contribution in [2.75, 3.05) is 25.2 Å². The molecule has 1 aliphatic heterocycles. The SMILES string of the molecule is COc1ccc2cc(C(=O)COC(=O)CCN3c4ccccc4Sc4ccccc43)ccc2c1. The Morgan fingerprint density at radius 1 is 0.824 bits per heavy atom. The predicted octanol–water partition coefficient (Wildman–Crippen LogP) is 6.27. The minimum atomic E-state index is -0.396. The molecule has 34 heavy (non-hydrogen) atoms. The summed E-state index contributed by atoms with van der Waals surface area (Å²) < 4.78 is 10.6. The summed E-state index contributed by atoms with van der Waals surface area (Å²) in [7, 11) is 1.62. The average Bonchev–Trinajstić information content (AvgIpc) is 2.88. The second-order valence-corrected chi connectivity index (χ2v) is 9.03. The van der Waals surface area contributed by atoms with E-state index in [1.54, 1.807) is 24.9 Å². The summed E-state index contributed by atoms with van der Waals surface area (Å²) in [5.41, 5.74) is 2.66. The molecule has 6 heteroatoms. The minimum absolute atomic E-state index is 0.179. The average molecular weight is 470 g/mol. The third-order valence-corrected chi connectivity index (χ3v) is 6.94. The van der Waals surface area contributed by atoms with E-state index in [0.29, 0.717) is 12.1 Å². The Bertz CT molecular complexity index is 1340. The van der Waals surface area contributed by atoms with Crippen molar-refractivity contribution in [3.63, 3.8) is 0 Å². The number of rotatable bonds is 7. The van der Waals surface area contributed by atoms with Crippen LogP contribution in [0.4, 0.5) is 11.4 Å². The van der Waals surface area contributed by atoms with Gasteiger partial charge in [0.2, 0.25) is 0 Å². The molecule has 0 aromatic heterocycles. The second kappa shape index (κ2) is 9.61. The van der Waals surface area contributed by atoms with E-state index in [2.05, 4.69) is 29.2 Å². The first-order valence-corrected chi connectivity index (χ1v) is 11.8. The Morgan fingerprint density at radius 3 is 2.18 bits per heavy atom. The monoisotopic (exact) mass is 469 g/mol. The molecule has 1 aliphatic rings. The molecule has 0 aliphatic carbocycles. The fourth-order valence-corrected chi connectivity index (χ4v) is 5.15. The Balaban J connectivity index is 1.22. The Hall–Kier alpha value is -3.77. The van der Waals surface area contributed by atoms with Crippen LogP contribution in [0.15, 0.2) is 94.7 Å². The summed E-state index contributed by atoms with van der Waals surface area (Å²) in [6, 6.07) is 27.4. The number of esters is 1. The van der Waals surface area contributed by atoms with Gasteiger partial charge >= 0.3 is 5.97 Å². The standard InChI is InChI=1S/C28H23NO4S/c1-32-22-13-12-19-16-21(11-10-20(19)17-22)25(30)18-33-28(31)14-15-29-23-6-2-4-8-26(23)34-27-9-5-3-7-24(27)29/h2-13,16-17H,14-15,18H2,1H3. The number of para-hydroxylation sites is 2. The number of benzene rings is 4. The molecule has 4 aromatic carbocycles. The highest BCUT2D eigenvalue weighted by Crippen LogP contribution is 2.47. The fourth-order valence-electron chi connectivity index (χ4n) is 4.05. The van der Waals surface area contributed by atoms with Crippen LogP contribution in [0, 0.1) is 0 Å². The zero-order valence-electron chi connectivity index (χ0n) is 18.7. The third-order valence-electron chi connectivity index (χ3n) is 5.81. The van der Waals surface area contributed by atoms with Crippen LogP contribution >= 0.6 is 11.8 Å². The van der Waals surface area contributed by atoms with Gasteiger partial charge in [-0.15, -0.1) is 0 Å². The van der Waals surface area contributed by atoms with E-state index >= 15 is 0 Å². The van der Waals surface area contributed by atoms with Crippen molar-refractivity contribution in [1.82, 2.24) is 0 Å². The van der Waals surface area contributed by atoms with Crippen molar-refractivity contribution >= 4 is 45.7 Å². The molecule has 0 amide bonds. The van der Waals surface area contributed by atoms with Crippen LogP contribution in [-0.2, 0) is 9.53 Å². The number of fused-ring (bicyclic) bond motifs is 3. The molecule has 0 saturated heterocycles. The van der Waals surface area contributed by atoms with Gasteiger partial charge in [0, 0.05) is 21.9 Å². The van der Waals surface area contributed by atoms with Crippen LogP contribution < -0.4 is 9.64 Å². The lowest BCUT2D eigenvalue weighted by Gasteiger charge is -2.32. The first-order chi connectivity index (χ1) is 16.6. The predicted molar refractivity (Wildman–Crippen MR) is 134 cm³/mol. The quantitative estimate of drug-likeness (QED) is 0.235. The number of hydrogen-bond acceptors (Lipinski definition) is 6. The third kappa shape index (κ3) is 4.50. The number of Topliss-reactive ketones (excluding diaryl/α,β-unsaturated/α-hetero) is 1. The molecule has 0 N–H and O–H groups in total. The van der Waals surface area contributed by atoms with E-state index in [1.807, 2.05) is 54.6 Å². The molecule has 0 fully saturated rings. The van der Waals surface area contributed by atoms with Gasteiger partial charge in [0.15, 0.2) is 12.4 Å². The van der Waals surface area contributed by atoms with Gasteiger partial charge in [-0.1, -0.05) is 54.2 Å². The number of hydrogen-bond donors (Lipinski definition) is 0. The zero-order chi connectivity index (χ0) is 23.5. The molecule has 5 rings (SSSR count). The van der Waals surface area contributed by atoms with Crippen LogP contribution in [0.2, 0.25) is 0 Å². The Morgan fingerprint density at radius 2 is 1.47 bits per heavy atom. The Labute approximate surface area is 202 Å². The number of anilines is 2. The number of methoxy groups -OCH3 is 1. The molecule has 170 valence electrons. The molecule has 1 heterocycles. The zero-order valence-corrected chi connectivity index (χ0v) is 19.5. The van der Waals surface area contributed by atoms with Crippen molar-refractivity contribution in [3.05, 3.63) is 90.5 Å². The van der Waals surface area contributed by atoms with Crippen LogP contribution in [0.1, 0.15) is 16.8 Å². The van der Waals surface area contributed by atoms with E-state index in [1.165, 1.54) is 0 Å². The molecule has 0 radical (unpaired) electrons. The van der Waals surface area contributed by atoms with E-state index < -0.39 is 5.97 Å². The van der Waals surface area contributed by atoms with Gasteiger partial charge in [-0.3, -0.25) is 9.59 Å². The van der Waals surface area contributed by atoms with E-state index in [4.69, 9.17) is 9.47 Å². The summed E-state index contributed by atoms with van der Waals surface area (Å²) in [6.45, 7) is 0.197. The van der Waals surface area contributed by atoms with Crippen molar-refractivity contribution in [2.24, 2.45) is 0 Å². The van der Waals surface area contributed by atoms with Gasteiger partial charge in [0.25, 0.3) is 0 Å². The molecule has 0 atom stereocenters. The maximum Gasteiger partial charge on any atom is 0.308 e. The highest BCUT2D eigenvalue weighted by molar-refractivity contribution is 7.99. The van der Waals surface area contributed by atoms with Gasteiger partial charge < -0.3 is 14.4 Å². The molecule has 0 bridgehead atoms. The topological polar surface area (TPSA) is 55.8 Å². The van der Waals surface area contributed by atoms with E-state index in [9.17, 15) is 9.59 Å². The second-order valence-electron chi connectivity index (χ2n) is 7.95. The first-order valence-electron chi connectivity index (χ1n) is 11.0. The fraction of sp³-hybridized carbons (Fsp3) is 0.143. The van der Waals surface area contributed by atoms with Crippen LogP contribution in [0.5, 0.6) is 5.75 Å². The smallest absolute Gasteiger partial charge is 0.308 e. The number of ether oxygens (including phenoxy) is 2. The molecular weight excluding hydrogens is 446 g/mol. The van der Waals surface area contributed by atoms with Gasteiger partial charge in [-0.25, -0.2) is 0 Å². The van der Waals surface area contributed by atoms with Crippen molar-refractivity contribution < 1.29 is 19.1 Å². The number of ketones is 1. The number of nitrogens with zero attached hydrogens (tertiary/aromatic N) is 1. The molecule has 0 saturated carbocycles. The maximum absolute atomic E-state index is 12.6. The molecule has 0 spiro atoms. The normalized spacial score (nSPS) is 12.1. The van der Waals surface area contributed by atoms with Crippen LogP contribution in [0.3, 0.4) is 0 Å². The summed E-state index contributed by atoms with van der Waals surface area (Å²) in [5.74, 6) is 0.140. The van der Waals surface area contributed by atoms with Crippen LogP contribution in [0.25, 0.3) is 10.8 Å². The largest absolute Gasteiger partial charge is 0.497 e. The number of carbonyl (C=O) groups excluding carboxylic acids is 2. The first kappa shape index (κ1) is 22.0. The molecule has 4 aromatic rings. The van der Waals surface area contributed by atoms with Crippen molar-refractivity contribution in [3.8, 4) is 5.75 Å². The maximum atomic E-state index is 12.6. The van der Waals surface area contributed by atoms with Crippen LogP contribution in [-0.4, -0.2) is 32.0 Å². The van der Waals surface area contributed by atoms with E-state index in [-0.39, 0.29) is 18.8 Å². The Kier molecular flexibility index (Phi) is 6.23. The van der Waals surface area contributed by atoms with Gasteiger partial charge in [0.1, 0.15) is 5.75 Å². The van der Waals surface area contributed by atoms with Crippen molar-refractivity contribution in [1.29, 1.82) is 0 Å². The summed E-state index contributed by atoms with van der Waals surface area (Å²) in [5, 5.41) is 1.91. The summed E-state index contributed by atoms with van der Waals surface area (Å²) in [4.78, 5) is 29.6. The van der Waals surface area contributed by atoms with Crippen molar-refractivity contribution in [2.45, 2.75) is 16.2 Å². The minimum Gasteiger partial charge on any atom is -0.497 e. The van der Waals surface area contributed by atoms with Gasteiger partial charge in [-0.2, -0.15) is 0 Å². The molecule has 0 unspecified atom stereocenters. The highest BCUT2D eigenvalue weighted by Gasteiger charge is 2.23. The lowest BCUT2D eigenvalue weighted by molar-refractivity contribution is -0.142. The van der Waals surface area contributed by atoms with Gasteiger partial charge in [0.05, 0.1) is 24.9 Å². The lowest BCUT2D eigenvalue weighted by atomic mass is 10.0. The lowest BCUT2D eigenvalue weighted by Crippen LogP contribution is -2.25. The number of carbonyl (C=O) groups is 2. The molecule has 5 nitrogen and oxygen atoms in total. The summed E-state index contributed by atoms with van der Waals surface area (Å²) in [6.07, 6.45) is 0.179. The highest BCUT2D eigenvalue weighted by atomic mass is 32.2. The van der Waals surface area contributed by atoms with E-state index in [0.717, 1.165) is 37.7 Å².